The number of amides is 1. The van der Waals surface area contributed by atoms with Gasteiger partial charge in [0.2, 0.25) is 0 Å². The fraction of sp³-hybridized carbons (Fsp3) is 0.467. The van der Waals surface area contributed by atoms with Crippen LogP contribution in [0.15, 0.2) is 24.3 Å². The molecule has 0 saturated carbocycles. The Bertz CT molecular complexity index is 515. The molecule has 1 rings (SSSR count). The lowest BCUT2D eigenvalue weighted by Gasteiger charge is -2.09. The second kappa shape index (κ2) is 8.41. The van der Waals surface area contributed by atoms with E-state index in [-0.39, 0.29) is 18.5 Å². The maximum absolute atomic E-state index is 12.5. The standard InChI is InChI=1S/C15H18F3NO3/c1-2-3-9-22-13(20)7-8-19-14(21)11-5-4-6-12(10-11)15(16,17)18/h4-6,10H,2-3,7-9H2,1H3,(H,19,21). The van der Waals surface area contributed by atoms with E-state index in [2.05, 4.69) is 5.32 Å². The number of ether oxygens (including phenoxy) is 1. The zero-order chi connectivity index (χ0) is 16.6. The third-order valence-corrected chi connectivity index (χ3v) is 2.83. The van der Waals surface area contributed by atoms with Crippen LogP contribution in [0.25, 0.3) is 0 Å². The number of benzene rings is 1. The minimum absolute atomic E-state index is 0.0139. The molecule has 1 aromatic rings. The van der Waals surface area contributed by atoms with E-state index in [1.54, 1.807) is 0 Å². The molecular formula is C15H18F3NO3. The van der Waals surface area contributed by atoms with Crippen LogP contribution in [-0.2, 0) is 15.7 Å². The zero-order valence-corrected chi connectivity index (χ0v) is 12.2. The Balaban J connectivity index is 2.44. The van der Waals surface area contributed by atoms with Crippen LogP contribution in [0.2, 0.25) is 0 Å². The van der Waals surface area contributed by atoms with Gasteiger partial charge < -0.3 is 10.1 Å². The number of hydrogen-bond donors (Lipinski definition) is 1. The molecule has 22 heavy (non-hydrogen) atoms. The number of alkyl halides is 3. The monoisotopic (exact) mass is 317 g/mol. The van der Waals surface area contributed by atoms with Crippen LogP contribution in [0.5, 0.6) is 0 Å². The molecule has 1 amide bonds. The Labute approximate surface area is 126 Å². The van der Waals surface area contributed by atoms with Crippen molar-refractivity contribution in [2.24, 2.45) is 0 Å². The summed E-state index contributed by atoms with van der Waals surface area (Å²) in [7, 11) is 0. The number of nitrogens with one attached hydrogen (secondary N) is 1. The van der Waals surface area contributed by atoms with Crippen molar-refractivity contribution in [2.75, 3.05) is 13.2 Å². The Morgan fingerprint density at radius 1 is 1.27 bits per heavy atom. The van der Waals surface area contributed by atoms with Crippen LogP contribution in [-0.4, -0.2) is 25.0 Å². The summed E-state index contributed by atoms with van der Waals surface area (Å²) in [5.41, 5.74) is -0.992. The topological polar surface area (TPSA) is 55.4 Å². The first kappa shape index (κ1) is 18.0. The fourth-order valence-corrected chi connectivity index (χ4v) is 1.62. The molecule has 0 heterocycles. The first-order valence-corrected chi connectivity index (χ1v) is 6.95. The molecule has 0 aliphatic heterocycles. The van der Waals surface area contributed by atoms with Gasteiger partial charge in [-0.1, -0.05) is 19.4 Å². The average Bonchev–Trinajstić information content (AvgIpc) is 2.46. The van der Waals surface area contributed by atoms with Crippen molar-refractivity contribution in [1.82, 2.24) is 5.32 Å². The first-order chi connectivity index (χ1) is 10.3. The van der Waals surface area contributed by atoms with Crippen LogP contribution < -0.4 is 5.32 Å². The zero-order valence-electron chi connectivity index (χ0n) is 12.2. The normalized spacial score (nSPS) is 11.1. The molecule has 0 atom stereocenters. The highest BCUT2D eigenvalue weighted by Gasteiger charge is 2.30. The summed E-state index contributed by atoms with van der Waals surface area (Å²) in [6.45, 7) is 2.31. The highest BCUT2D eigenvalue weighted by Crippen LogP contribution is 2.29. The molecular weight excluding hydrogens is 299 g/mol. The highest BCUT2D eigenvalue weighted by atomic mass is 19.4. The molecule has 0 spiro atoms. The number of carbonyl (C=O) groups excluding carboxylic acids is 2. The van der Waals surface area contributed by atoms with Gasteiger partial charge in [-0.25, -0.2) is 0 Å². The lowest BCUT2D eigenvalue weighted by molar-refractivity contribution is -0.143. The van der Waals surface area contributed by atoms with Crippen LogP contribution in [0.3, 0.4) is 0 Å². The van der Waals surface area contributed by atoms with Crippen molar-refractivity contribution in [3.05, 3.63) is 35.4 Å². The van der Waals surface area contributed by atoms with Crippen molar-refractivity contribution >= 4 is 11.9 Å². The second-order valence-corrected chi connectivity index (χ2v) is 4.66. The molecule has 1 N–H and O–H groups in total. The lowest BCUT2D eigenvalue weighted by Crippen LogP contribution is -2.27. The van der Waals surface area contributed by atoms with E-state index in [9.17, 15) is 22.8 Å². The Hall–Kier alpha value is -2.05. The number of rotatable bonds is 7. The Morgan fingerprint density at radius 2 is 2.00 bits per heavy atom. The summed E-state index contributed by atoms with van der Waals surface area (Å²) in [5.74, 6) is -1.11. The van der Waals surface area contributed by atoms with Crippen LogP contribution in [0, 0.1) is 0 Å². The van der Waals surface area contributed by atoms with Crippen LogP contribution >= 0.6 is 0 Å². The van der Waals surface area contributed by atoms with Crippen molar-refractivity contribution in [3.8, 4) is 0 Å². The largest absolute Gasteiger partial charge is 0.466 e. The van der Waals surface area contributed by atoms with E-state index in [1.165, 1.54) is 6.07 Å². The van der Waals surface area contributed by atoms with Gasteiger partial charge in [-0.3, -0.25) is 9.59 Å². The SMILES string of the molecule is CCCCOC(=O)CCNC(=O)c1cccc(C(F)(F)F)c1. The molecule has 0 aliphatic carbocycles. The predicted molar refractivity (Wildman–Crippen MR) is 74.3 cm³/mol. The number of esters is 1. The molecule has 0 unspecified atom stereocenters. The van der Waals surface area contributed by atoms with Crippen LogP contribution in [0.4, 0.5) is 13.2 Å². The molecule has 0 aliphatic rings. The van der Waals surface area contributed by atoms with Gasteiger partial charge in [0, 0.05) is 12.1 Å². The van der Waals surface area contributed by atoms with Crippen LogP contribution in [0.1, 0.15) is 42.1 Å². The summed E-state index contributed by atoms with van der Waals surface area (Å²) in [6, 6.07) is 4.11. The number of hydrogen-bond acceptors (Lipinski definition) is 3. The molecule has 1 aromatic carbocycles. The number of unbranched alkanes of at least 4 members (excludes halogenated alkanes) is 1. The summed E-state index contributed by atoms with van der Waals surface area (Å²) in [5, 5.41) is 2.39. The van der Waals surface area contributed by atoms with Gasteiger partial charge in [0.15, 0.2) is 0 Å². The number of carbonyl (C=O) groups is 2. The fourth-order valence-electron chi connectivity index (χ4n) is 1.62. The van der Waals surface area contributed by atoms with E-state index in [1.807, 2.05) is 6.92 Å². The lowest BCUT2D eigenvalue weighted by atomic mass is 10.1. The molecule has 0 saturated heterocycles. The summed E-state index contributed by atoms with van der Waals surface area (Å²) in [4.78, 5) is 23.0. The first-order valence-electron chi connectivity index (χ1n) is 6.95. The van der Waals surface area contributed by atoms with E-state index in [0.717, 1.165) is 31.0 Å². The van der Waals surface area contributed by atoms with E-state index < -0.39 is 23.6 Å². The van der Waals surface area contributed by atoms with Gasteiger partial charge in [-0.15, -0.1) is 0 Å². The van der Waals surface area contributed by atoms with Gasteiger partial charge in [0.1, 0.15) is 0 Å². The average molecular weight is 317 g/mol. The van der Waals surface area contributed by atoms with Gasteiger partial charge in [-0.05, 0) is 24.6 Å². The minimum Gasteiger partial charge on any atom is -0.466 e. The molecule has 7 heteroatoms. The molecule has 122 valence electrons. The quantitative estimate of drug-likeness (QED) is 0.621. The van der Waals surface area contributed by atoms with Gasteiger partial charge >= 0.3 is 12.1 Å². The van der Waals surface area contributed by atoms with Gasteiger partial charge in [-0.2, -0.15) is 13.2 Å². The molecule has 4 nitrogen and oxygen atoms in total. The van der Waals surface area contributed by atoms with E-state index >= 15 is 0 Å². The van der Waals surface area contributed by atoms with E-state index in [4.69, 9.17) is 4.74 Å². The van der Waals surface area contributed by atoms with Gasteiger partial charge in [0.05, 0.1) is 18.6 Å². The Morgan fingerprint density at radius 3 is 2.64 bits per heavy atom. The summed E-state index contributed by atoms with van der Waals surface area (Å²) >= 11 is 0. The summed E-state index contributed by atoms with van der Waals surface area (Å²) in [6.07, 6.45) is -2.85. The summed E-state index contributed by atoms with van der Waals surface area (Å²) < 4.78 is 42.5. The third kappa shape index (κ3) is 6.15. The molecule has 0 bridgehead atoms. The minimum atomic E-state index is -4.50. The highest BCUT2D eigenvalue weighted by molar-refractivity contribution is 5.94. The maximum Gasteiger partial charge on any atom is 0.416 e. The van der Waals surface area contributed by atoms with Gasteiger partial charge in [0.25, 0.3) is 5.91 Å². The molecule has 0 aromatic heterocycles. The number of halogens is 3. The molecule has 0 fully saturated rings. The predicted octanol–water partition coefficient (Wildman–Crippen LogP) is 3.17. The van der Waals surface area contributed by atoms with Crippen molar-refractivity contribution in [3.63, 3.8) is 0 Å². The smallest absolute Gasteiger partial charge is 0.416 e. The maximum atomic E-state index is 12.5. The van der Waals surface area contributed by atoms with Crippen molar-refractivity contribution in [2.45, 2.75) is 32.4 Å². The van der Waals surface area contributed by atoms with Crippen molar-refractivity contribution in [1.29, 1.82) is 0 Å². The van der Waals surface area contributed by atoms with E-state index in [0.29, 0.717) is 6.61 Å². The molecule has 0 radical (unpaired) electrons. The third-order valence-electron chi connectivity index (χ3n) is 2.83. The van der Waals surface area contributed by atoms with Crippen molar-refractivity contribution < 1.29 is 27.5 Å². The second-order valence-electron chi connectivity index (χ2n) is 4.66. The Kier molecular flexibility index (Phi) is 6.88.